The van der Waals surface area contributed by atoms with E-state index in [4.69, 9.17) is 4.74 Å². The zero-order chi connectivity index (χ0) is 24.4. The van der Waals surface area contributed by atoms with Crippen molar-refractivity contribution in [1.82, 2.24) is 0 Å². The summed E-state index contributed by atoms with van der Waals surface area (Å²) in [5.41, 5.74) is 2.97. The zero-order valence-corrected chi connectivity index (χ0v) is 20.0. The van der Waals surface area contributed by atoms with Gasteiger partial charge in [0.2, 0.25) is 0 Å². The highest BCUT2D eigenvalue weighted by molar-refractivity contribution is 5.64. The van der Waals surface area contributed by atoms with Crippen LogP contribution in [0.4, 0.5) is 17.6 Å². The summed E-state index contributed by atoms with van der Waals surface area (Å²) in [6.45, 7) is 1.91. The maximum atomic E-state index is 14.4. The van der Waals surface area contributed by atoms with Crippen LogP contribution in [0, 0.1) is 11.7 Å². The van der Waals surface area contributed by atoms with Crippen LogP contribution in [0.5, 0.6) is 5.75 Å². The number of alkyl halides is 3. The Bertz CT molecular complexity index is 893. The Balaban J connectivity index is 1.49. The van der Waals surface area contributed by atoms with Gasteiger partial charge in [-0.15, -0.1) is 0 Å². The Morgan fingerprint density at radius 3 is 2.21 bits per heavy atom. The average molecular weight is 477 g/mol. The molecule has 0 unspecified atom stereocenters. The number of hydrogen-bond acceptors (Lipinski definition) is 1. The van der Waals surface area contributed by atoms with Crippen molar-refractivity contribution in [2.75, 3.05) is 6.61 Å². The van der Waals surface area contributed by atoms with Gasteiger partial charge in [-0.3, -0.25) is 0 Å². The molecule has 0 atom stereocenters. The molecule has 2 aromatic carbocycles. The molecule has 3 rings (SSSR count). The molecule has 0 saturated heterocycles. The van der Waals surface area contributed by atoms with Crippen molar-refractivity contribution < 1.29 is 22.3 Å². The van der Waals surface area contributed by atoms with Gasteiger partial charge >= 0.3 is 6.18 Å². The minimum atomic E-state index is -4.40. The fourth-order valence-electron chi connectivity index (χ4n) is 4.89. The standard InChI is InChI=1S/C29H36F4O/c1-2-3-4-5-6-8-22-9-11-23(12-10-22)24-13-15-25(16-14-24)26-17-18-28(27(30)21-26)34-20-7-19-29(31,32)33/h7,13-19,21-23H,2-6,8-12,20H2,1H3/b19-7+/t22-,23-. The number of ether oxygens (including phenoxy) is 1. The molecule has 1 aliphatic rings. The van der Waals surface area contributed by atoms with Crippen molar-refractivity contribution in [1.29, 1.82) is 0 Å². The van der Waals surface area contributed by atoms with E-state index in [1.54, 1.807) is 6.07 Å². The van der Waals surface area contributed by atoms with Crippen molar-refractivity contribution >= 4 is 0 Å². The van der Waals surface area contributed by atoms with Crippen molar-refractivity contribution in [3.8, 4) is 16.9 Å². The summed E-state index contributed by atoms with van der Waals surface area (Å²) in [5.74, 6) is 0.830. The van der Waals surface area contributed by atoms with E-state index < -0.39 is 12.0 Å². The van der Waals surface area contributed by atoms with Crippen LogP contribution in [0.15, 0.2) is 54.6 Å². The molecule has 0 amide bonds. The molecule has 1 aliphatic carbocycles. The smallest absolute Gasteiger partial charge is 0.409 e. The molecule has 0 radical (unpaired) electrons. The van der Waals surface area contributed by atoms with Gasteiger partial charge in [0, 0.05) is 6.08 Å². The van der Waals surface area contributed by atoms with Gasteiger partial charge in [0.05, 0.1) is 0 Å². The fraction of sp³-hybridized carbons (Fsp3) is 0.517. The molecular weight excluding hydrogens is 440 g/mol. The van der Waals surface area contributed by atoms with Crippen LogP contribution in [0.25, 0.3) is 11.1 Å². The van der Waals surface area contributed by atoms with Crippen molar-refractivity contribution in [3.63, 3.8) is 0 Å². The first kappa shape index (κ1) is 26.3. The second-order valence-corrected chi connectivity index (χ2v) is 9.44. The summed E-state index contributed by atoms with van der Waals surface area (Å²) < 4.78 is 55.9. The van der Waals surface area contributed by atoms with Crippen LogP contribution >= 0.6 is 0 Å². The molecule has 0 heterocycles. The van der Waals surface area contributed by atoms with E-state index in [1.807, 2.05) is 12.1 Å². The Morgan fingerprint density at radius 2 is 1.56 bits per heavy atom. The van der Waals surface area contributed by atoms with Crippen LogP contribution in [0.3, 0.4) is 0 Å². The summed E-state index contributed by atoms with van der Waals surface area (Å²) in [4.78, 5) is 0. The molecule has 1 fully saturated rings. The highest BCUT2D eigenvalue weighted by Crippen LogP contribution is 2.38. The molecule has 0 N–H and O–H groups in total. The van der Waals surface area contributed by atoms with Gasteiger partial charge in [0.1, 0.15) is 6.61 Å². The summed E-state index contributed by atoms with van der Waals surface area (Å²) >= 11 is 0. The van der Waals surface area contributed by atoms with Crippen LogP contribution < -0.4 is 4.74 Å². The number of unbranched alkanes of at least 4 members (excludes halogenated alkanes) is 4. The lowest BCUT2D eigenvalue weighted by Gasteiger charge is -2.29. The third kappa shape index (κ3) is 8.48. The molecular formula is C29H36F4O. The Kier molecular flexibility index (Phi) is 10.0. The van der Waals surface area contributed by atoms with Gasteiger partial charge in [-0.05, 0) is 72.4 Å². The van der Waals surface area contributed by atoms with Gasteiger partial charge in [0.15, 0.2) is 11.6 Å². The first-order valence-corrected chi connectivity index (χ1v) is 12.6. The van der Waals surface area contributed by atoms with E-state index in [0.717, 1.165) is 17.6 Å². The molecule has 5 heteroatoms. The zero-order valence-electron chi connectivity index (χ0n) is 20.0. The lowest BCUT2D eigenvalue weighted by molar-refractivity contribution is -0.0801. The molecule has 0 aromatic heterocycles. The van der Waals surface area contributed by atoms with Crippen LogP contribution in [0.1, 0.15) is 82.6 Å². The van der Waals surface area contributed by atoms with E-state index in [9.17, 15) is 17.6 Å². The van der Waals surface area contributed by atoms with E-state index in [0.29, 0.717) is 11.5 Å². The van der Waals surface area contributed by atoms with Crippen molar-refractivity contribution in [2.24, 2.45) is 5.92 Å². The number of benzene rings is 2. The second-order valence-electron chi connectivity index (χ2n) is 9.44. The van der Waals surface area contributed by atoms with Gasteiger partial charge in [0.25, 0.3) is 0 Å². The maximum Gasteiger partial charge on any atom is 0.409 e. The summed E-state index contributed by atoms with van der Waals surface area (Å²) in [5, 5.41) is 0. The molecule has 2 aromatic rings. The monoisotopic (exact) mass is 476 g/mol. The predicted octanol–water partition coefficient (Wildman–Crippen LogP) is 9.62. The van der Waals surface area contributed by atoms with Gasteiger partial charge < -0.3 is 4.74 Å². The molecule has 1 nitrogen and oxygen atoms in total. The third-order valence-corrected chi connectivity index (χ3v) is 6.85. The SMILES string of the molecule is CCCCCCC[C@H]1CC[C@H](c2ccc(-c3ccc(OC/C=C/C(F)(F)F)c(F)c3)cc2)CC1. The largest absolute Gasteiger partial charge is 0.486 e. The fourth-order valence-corrected chi connectivity index (χ4v) is 4.89. The summed E-state index contributed by atoms with van der Waals surface area (Å²) in [6.07, 6.45) is 9.76. The molecule has 0 bridgehead atoms. The van der Waals surface area contributed by atoms with Gasteiger partial charge in [-0.1, -0.05) is 75.8 Å². The van der Waals surface area contributed by atoms with E-state index in [-0.39, 0.29) is 18.4 Å². The number of rotatable bonds is 11. The van der Waals surface area contributed by atoms with E-state index >= 15 is 0 Å². The molecule has 34 heavy (non-hydrogen) atoms. The number of halogens is 4. The topological polar surface area (TPSA) is 9.23 Å². The van der Waals surface area contributed by atoms with Crippen molar-refractivity contribution in [3.05, 3.63) is 66.0 Å². The lowest BCUT2D eigenvalue weighted by Crippen LogP contribution is -2.13. The number of hydrogen-bond donors (Lipinski definition) is 0. The first-order chi connectivity index (χ1) is 16.4. The summed E-state index contributed by atoms with van der Waals surface area (Å²) in [6, 6.07) is 12.9. The third-order valence-electron chi connectivity index (χ3n) is 6.85. The quantitative estimate of drug-likeness (QED) is 0.178. The van der Waals surface area contributed by atoms with Crippen molar-refractivity contribution in [2.45, 2.75) is 83.2 Å². The van der Waals surface area contributed by atoms with E-state index in [1.165, 1.54) is 81.9 Å². The molecule has 0 aliphatic heterocycles. The normalized spacial score (nSPS) is 19.0. The van der Waals surface area contributed by atoms with Gasteiger partial charge in [-0.25, -0.2) is 4.39 Å². The molecule has 1 saturated carbocycles. The molecule has 186 valence electrons. The van der Waals surface area contributed by atoms with Crippen LogP contribution in [-0.4, -0.2) is 12.8 Å². The summed E-state index contributed by atoms with van der Waals surface area (Å²) in [7, 11) is 0. The van der Waals surface area contributed by atoms with Gasteiger partial charge in [-0.2, -0.15) is 13.2 Å². The average Bonchev–Trinajstić information content (AvgIpc) is 2.82. The minimum Gasteiger partial charge on any atom is -0.486 e. The Hall–Kier alpha value is -2.30. The Labute approximate surface area is 201 Å². The highest BCUT2D eigenvalue weighted by atomic mass is 19.4. The first-order valence-electron chi connectivity index (χ1n) is 12.6. The minimum absolute atomic E-state index is 0.0608. The Morgan fingerprint density at radius 1 is 0.882 bits per heavy atom. The maximum absolute atomic E-state index is 14.4. The van der Waals surface area contributed by atoms with Crippen LogP contribution in [-0.2, 0) is 0 Å². The van der Waals surface area contributed by atoms with E-state index in [2.05, 4.69) is 19.1 Å². The second kappa shape index (κ2) is 13.0. The predicted molar refractivity (Wildman–Crippen MR) is 131 cm³/mol. The molecule has 0 spiro atoms. The highest BCUT2D eigenvalue weighted by Gasteiger charge is 2.22. The number of allylic oxidation sites excluding steroid dienone is 1. The lowest BCUT2D eigenvalue weighted by atomic mass is 9.77. The van der Waals surface area contributed by atoms with Crippen LogP contribution in [0.2, 0.25) is 0 Å².